The van der Waals surface area contributed by atoms with Crippen molar-refractivity contribution in [1.29, 1.82) is 0 Å². The monoisotopic (exact) mass is 268 g/mol. The molecule has 2 atom stereocenters. The molecule has 0 bridgehead atoms. The second kappa shape index (κ2) is 6.69. The summed E-state index contributed by atoms with van der Waals surface area (Å²) in [7, 11) is 2.15. The van der Waals surface area contributed by atoms with Crippen molar-refractivity contribution in [3.8, 4) is 0 Å². The summed E-state index contributed by atoms with van der Waals surface area (Å²) in [4.78, 5) is 1.56. The van der Waals surface area contributed by atoms with Crippen LogP contribution in [0.1, 0.15) is 55.4 Å². The second-order valence-electron chi connectivity index (χ2n) is 5.55. The predicted molar refractivity (Wildman–Crippen MR) is 80.0 cm³/mol. The normalized spacial score (nSPS) is 20.1. The maximum absolute atomic E-state index is 9.29. The largest absolute Gasteiger partial charge is 0.396 e. The van der Waals surface area contributed by atoms with Gasteiger partial charge in [0.25, 0.3) is 0 Å². The highest BCUT2D eigenvalue weighted by atomic mass is 32.2. The van der Waals surface area contributed by atoms with Crippen molar-refractivity contribution in [2.75, 3.05) is 18.4 Å². The summed E-state index contributed by atoms with van der Waals surface area (Å²) >= 11 is 0. The van der Waals surface area contributed by atoms with E-state index in [2.05, 4.69) is 23.1 Å². The van der Waals surface area contributed by atoms with Crippen molar-refractivity contribution < 1.29 is 5.11 Å². The van der Waals surface area contributed by atoms with Gasteiger partial charge in [-0.3, -0.25) is 0 Å². The van der Waals surface area contributed by atoms with E-state index in [-0.39, 0.29) is 10.7 Å². The van der Waals surface area contributed by atoms with Gasteiger partial charge < -0.3 is 5.11 Å². The number of aliphatic hydroxyl groups is 1. The third-order valence-corrected chi connectivity index (χ3v) is 5.86. The summed E-state index contributed by atoms with van der Waals surface area (Å²) in [5, 5.41) is 11.6. The van der Waals surface area contributed by atoms with Crippen molar-refractivity contribution in [3.05, 3.63) is 21.9 Å². The summed E-state index contributed by atoms with van der Waals surface area (Å²) < 4.78 is 3.41. The lowest BCUT2D eigenvalue weighted by atomic mass is 9.83. The standard InChI is InChI=1S/C15H26NOS/c1-12(11-17)10-15-14(8-9-18(15)16-2)13-6-4-3-5-7-13/h8-9,12-13,16-17H,3-7,10-11H2,1-2H3/q+1. The van der Waals surface area contributed by atoms with E-state index >= 15 is 0 Å². The first kappa shape index (κ1) is 14.0. The van der Waals surface area contributed by atoms with Gasteiger partial charge in [-0.05, 0) is 24.7 Å². The van der Waals surface area contributed by atoms with Crippen LogP contribution < -0.4 is 4.72 Å². The van der Waals surface area contributed by atoms with Crippen LogP contribution in [0.3, 0.4) is 0 Å². The predicted octanol–water partition coefficient (Wildman–Crippen LogP) is 3.83. The Morgan fingerprint density at radius 2 is 2.11 bits per heavy atom. The van der Waals surface area contributed by atoms with Gasteiger partial charge in [0.05, 0.1) is 10.7 Å². The Balaban J connectivity index is 2.20. The van der Waals surface area contributed by atoms with E-state index in [1.165, 1.54) is 32.1 Å². The highest BCUT2D eigenvalue weighted by Crippen LogP contribution is 2.40. The fraction of sp³-hybridized carbons (Fsp3) is 0.733. The average molecular weight is 268 g/mol. The van der Waals surface area contributed by atoms with Crippen molar-refractivity contribution >= 4 is 10.7 Å². The Kier molecular flexibility index (Phi) is 5.22. The molecular formula is C15H26NOS+. The van der Waals surface area contributed by atoms with Gasteiger partial charge in [-0.1, -0.05) is 26.2 Å². The molecule has 0 aliphatic heterocycles. The zero-order chi connectivity index (χ0) is 13.0. The van der Waals surface area contributed by atoms with Crippen molar-refractivity contribution in [2.24, 2.45) is 5.92 Å². The average Bonchev–Trinajstić information content (AvgIpc) is 2.82. The van der Waals surface area contributed by atoms with Crippen LogP contribution in [0.2, 0.25) is 0 Å². The molecular weight excluding hydrogens is 242 g/mol. The number of rotatable bonds is 5. The molecule has 18 heavy (non-hydrogen) atoms. The van der Waals surface area contributed by atoms with Gasteiger partial charge in [-0.25, -0.2) is 0 Å². The first-order chi connectivity index (χ1) is 8.76. The van der Waals surface area contributed by atoms with E-state index < -0.39 is 0 Å². The summed E-state index contributed by atoms with van der Waals surface area (Å²) in [5.41, 5.74) is 1.59. The number of nitrogens with one attached hydrogen (secondary N) is 1. The summed E-state index contributed by atoms with van der Waals surface area (Å²) in [5.74, 6) is 1.16. The van der Waals surface area contributed by atoms with Crippen LogP contribution in [-0.4, -0.2) is 18.8 Å². The quantitative estimate of drug-likeness (QED) is 0.796. The molecule has 1 aromatic heterocycles. The van der Waals surface area contributed by atoms with Gasteiger partial charge in [0.1, 0.15) is 0 Å². The van der Waals surface area contributed by atoms with E-state index in [0.29, 0.717) is 12.5 Å². The van der Waals surface area contributed by atoms with E-state index in [1.807, 2.05) is 7.05 Å². The Hall–Kier alpha value is -0.380. The highest BCUT2D eigenvalue weighted by Gasteiger charge is 2.27. The molecule has 1 aliphatic rings. The summed E-state index contributed by atoms with van der Waals surface area (Å²) in [6, 6.07) is 2.36. The van der Waals surface area contributed by atoms with Crippen LogP contribution in [0.15, 0.2) is 11.4 Å². The molecule has 0 spiro atoms. The molecule has 2 unspecified atom stereocenters. The van der Waals surface area contributed by atoms with Crippen molar-refractivity contribution in [3.63, 3.8) is 0 Å². The number of aliphatic hydroxyl groups excluding tert-OH is 1. The molecule has 1 fully saturated rings. The minimum absolute atomic E-state index is 0.112. The zero-order valence-electron chi connectivity index (χ0n) is 11.6. The molecule has 2 nitrogen and oxygen atoms in total. The van der Waals surface area contributed by atoms with Gasteiger partial charge in [0.2, 0.25) is 0 Å². The molecule has 0 aromatic carbocycles. The van der Waals surface area contributed by atoms with E-state index in [1.54, 1.807) is 10.4 Å². The molecule has 0 amide bonds. The molecule has 2 N–H and O–H groups in total. The molecule has 1 aromatic rings. The summed E-state index contributed by atoms with van der Waals surface area (Å²) in [6.45, 7) is 2.43. The van der Waals surface area contributed by atoms with Crippen LogP contribution in [0.4, 0.5) is 0 Å². The first-order valence-electron chi connectivity index (χ1n) is 7.18. The van der Waals surface area contributed by atoms with Crippen LogP contribution in [0.5, 0.6) is 0 Å². The SMILES string of the molecule is CN[s+]1ccc(C2CCCCC2)c1CC(C)CO. The molecule has 1 saturated carbocycles. The Morgan fingerprint density at radius 1 is 1.39 bits per heavy atom. The lowest BCUT2D eigenvalue weighted by molar-refractivity contribution is 0.237. The zero-order valence-corrected chi connectivity index (χ0v) is 12.4. The molecule has 3 heteroatoms. The first-order valence-corrected chi connectivity index (χ1v) is 8.47. The lowest BCUT2D eigenvalue weighted by Gasteiger charge is -2.21. The molecule has 0 saturated heterocycles. The highest BCUT2D eigenvalue weighted by molar-refractivity contribution is 7.31. The van der Waals surface area contributed by atoms with Crippen LogP contribution in [0, 0.1) is 5.92 Å². The number of hydrogen-bond acceptors (Lipinski definition) is 2. The topological polar surface area (TPSA) is 32.3 Å². The fourth-order valence-corrected chi connectivity index (χ4v) is 4.78. The molecule has 102 valence electrons. The van der Waals surface area contributed by atoms with Crippen LogP contribution >= 0.6 is 10.7 Å². The Bertz CT molecular complexity index is 369. The van der Waals surface area contributed by atoms with Crippen molar-refractivity contribution in [1.82, 2.24) is 0 Å². The minimum Gasteiger partial charge on any atom is -0.396 e. The third kappa shape index (κ3) is 3.14. The lowest BCUT2D eigenvalue weighted by Crippen LogP contribution is -2.10. The maximum Gasteiger partial charge on any atom is 0.175 e. The maximum atomic E-state index is 9.29. The fourth-order valence-electron chi connectivity index (χ4n) is 3.00. The van der Waals surface area contributed by atoms with Gasteiger partial charge >= 0.3 is 0 Å². The van der Waals surface area contributed by atoms with E-state index in [9.17, 15) is 5.11 Å². The van der Waals surface area contributed by atoms with Gasteiger partial charge in [0, 0.05) is 31.7 Å². The molecule has 0 radical (unpaired) electrons. The Morgan fingerprint density at radius 3 is 2.72 bits per heavy atom. The third-order valence-electron chi connectivity index (χ3n) is 4.08. The molecule has 1 heterocycles. The summed E-state index contributed by atoms with van der Waals surface area (Å²) in [6.07, 6.45) is 7.94. The number of thiophene rings is 1. The second-order valence-corrected chi connectivity index (χ2v) is 7.40. The van der Waals surface area contributed by atoms with Gasteiger partial charge in [-0.2, -0.15) is 0 Å². The Labute approximate surface area is 114 Å². The minimum atomic E-state index is 0.112. The van der Waals surface area contributed by atoms with Gasteiger partial charge in [0.15, 0.2) is 10.3 Å². The smallest absolute Gasteiger partial charge is 0.175 e. The van der Waals surface area contributed by atoms with E-state index in [0.717, 1.165) is 12.3 Å². The van der Waals surface area contributed by atoms with E-state index in [4.69, 9.17) is 0 Å². The molecule has 2 rings (SSSR count). The van der Waals surface area contributed by atoms with Gasteiger partial charge in [-0.15, -0.1) is 4.72 Å². The number of hydrogen-bond donors (Lipinski definition) is 2. The van der Waals surface area contributed by atoms with Crippen LogP contribution in [-0.2, 0) is 6.42 Å². The van der Waals surface area contributed by atoms with Crippen LogP contribution in [0.25, 0.3) is 0 Å². The molecule has 1 aliphatic carbocycles. The van der Waals surface area contributed by atoms with Crippen molar-refractivity contribution in [2.45, 2.75) is 51.4 Å².